The maximum absolute atomic E-state index is 11.9. The summed E-state index contributed by atoms with van der Waals surface area (Å²) in [7, 11) is -3.70. The molecule has 0 bridgehead atoms. The fourth-order valence-electron chi connectivity index (χ4n) is 2.16. The molecule has 7 nitrogen and oxygen atoms in total. The molecule has 0 atom stereocenters. The summed E-state index contributed by atoms with van der Waals surface area (Å²) in [5, 5.41) is 11.5. The third kappa shape index (κ3) is 4.53. The first-order valence-electron chi connectivity index (χ1n) is 7.40. The molecular weight excluding hydrogens is 360 g/mol. The van der Waals surface area contributed by atoms with Gasteiger partial charge in [-0.2, -0.15) is 0 Å². The molecule has 1 amide bonds. The molecule has 0 fully saturated rings. The molecular formula is C16H16N4O3S2. The molecule has 0 radical (unpaired) electrons. The van der Waals surface area contributed by atoms with Crippen LogP contribution >= 0.6 is 11.3 Å². The van der Waals surface area contributed by atoms with E-state index in [4.69, 9.17) is 5.14 Å². The monoisotopic (exact) mass is 376 g/mol. The largest absolute Gasteiger partial charge is 0.352 e. The lowest BCUT2D eigenvalue weighted by Crippen LogP contribution is -2.29. The van der Waals surface area contributed by atoms with Gasteiger partial charge in [-0.1, -0.05) is 35.6 Å². The number of nitrogens with one attached hydrogen (secondary N) is 2. The number of anilines is 1. The van der Waals surface area contributed by atoms with E-state index in [0.717, 1.165) is 15.8 Å². The Morgan fingerprint density at radius 1 is 1.12 bits per heavy atom. The van der Waals surface area contributed by atoms with Crippen molar-refractivity contribution in [2.75, 3.05) is 11.9 Å². The topological polar surface area (TPSA) is 114 Å². The summed E-state index contributed by atoms with van der Waals surface area (Å²) in [5.41, 5.74) is 1.67. The van der Waals surface area contributed by atoms with Gasteiger partial charge in [-0.3, -0.25) is 4.79 Å². The standard InChI is InChI=1S/C16H16N4O3S2/c17-25(22,23)12-7-5-11(6-8-12)9-18-15(21)10-19-16-20-13-3-1-2-4-14(13)24-16/h1-8H,9-10H2,(H,18,21)(H,19,20)(H2,17,22,23). The molecule has 3 aromatic rings. The van der Waals surface area contributed by atoms with Crippen LogP contribution in [0.15, 0.2) is 53.4 Å². The van der Waals surface area contributed by atoms with E-state index in [9.17, 15) is 13.2 Å². The number of nitrogens with zero attached hydrogens (tertiary/aromatic N) is 1. The number of aromatic nitrogens is 1. The second-order valence-electron chi connectivity index (χ2n) is 5.31. The van der Waals surface area contributed by atoms with Crippen molar-refractivity contribution in [2.24, 2.45) is 5.14 Å². The Hall–Kier alpha value is -2.49. The van der Waals surface area contributed by atoms with Crippen LogP contribution in [0.4, 0.5) is 5.13 Å². The van der Waals surface area contributed by atoms with Gasteiger partial charge in [0.25, 0.3) is 0 Å². The van der Waals surface area contributed by atoms with Gasteiger partial charge < -0.3 is 10.6 Å². The Kier molecular flexibility index (Phi) is 4.98. The van der Waals surface area contributed by atoms with Gasteiger partial charge in [-0.05, 0) is 29.8 Å². The lowest BCUT2D eigenvalue weighted by atomic mass is 10.2. The third-order valence-corrected chi connectivity index (χ3v) is 5.36. The minimum absolute atomic E-state index is 0.0417. The number of fused-ring (bicyclic) bond motifs is 1. The number of carbonyl (C=O) groups is 1. The molecule has 9 heteroatoms. The molecule has 4 N–H and O–H groups in total. The number of amides is 1. The van der Waals surface area contributed by atoms with Gasteiger partial charge in [0, 0.05) is 6.54 Å². The highest BCUT2D eigenvalue weighted by molar-refractivity contribution is 7.89. The van der Waals surface area contributed by atoms with Gasteiger partial charge in [0.15, 0.2) is 5.13 Å². The number of rotatable bonds is 6. The van der Waals surface area contributed by atoms with Gasteiger partial charge in [0.1, 0.15) is 0 Å². The number of para-hydroxylation sites is 1. The maximum Gasteiger partial charge on any atom is 0.239 e. The summed E-state index contributed by atoms with van der Waals surface area (Å²) in [6.07, 6.45) is 0. The van der Waals surface area contributed by atoms with E-state index in [-0.39, 0.29) is 17.3 Å². The predicted octanol–water partition coefficient (Wildman–Crippen LogP) is 1.67. The van der Waals surface area contributed by atoms with Crippen LogP contribution in [0.5, 0.6) is 0 Å². The molecule has 0 saturated heterocycles. The smallest absolute Gasteiger partial charge is 0.239 e. The highest BCUT2D eigenvalue weighted by Crippen LogP contribution is 2.24. The molecule has 25 heavy (non-hydrogen) atoms. The Morgan fingerprint density at radius 2 is 1.84 bits per heavy atom. The van der Waals surface area contributed by atoms with Crippen molar-refractivity contribution in [3.05, 3.63) is 54.1 Å². The Balaban J connectivity index is 1.51. The Labute approximate surface area is 148 Å². The molecule has 0 unspecified atom stereocenters. The van der Waals surface area contributed by atoms with Gasteiger partial charge in [-0.15, -0.1) is 0 Å². The summed E-state index contributed by atoms with van der Waals surface area (Å²) >= 11 is 1.49. The number of hydrogen-bond acceptors (Lipinski definition) is 6. The van der Waals surface area contributed by atoms with Crippen molar-refractivity contribution < 1.29 is 13.2 Å². The van der Waals surface area contributed by atoms with Crippen LogP contribution < -0.4 is 15.8 Å². The van der Waals surface area contributed by atoms with Crippen LogP contribution in [-0.4, -0.2) is 25.9 Å². The number of primary sulfonamides is 1. The summed E-state index contributed by atoms with van der Waals surface area (Å²) < 4.78 is 23.4. The molecule has 0 saturated carbocycles. The fourth-order valence-corrected chi connectivity index (χ4v) is 3.54. The van der Waals surface area contributed by atoms with Gasteiger partial charge in [-0.25, -0.2) is 18.5 Å². The first kappa shape index (κ1) is 17.3. The third-order valence-electron chi connectivity index (χ3n) is 3.44. The van der Waals surface area contributed by atoms with Crippen LogP contribution in [0.2, 0.25) is 0 Å². The molecule has 0 aliphatic rings. The minimum atomic E-state index is -3.70. The molecule has 3 rings (SSSR count). The fraction of sp³-hybridized carbons (Fsp3) is 0.125. The first-order valence-corrected chi connectivity index (χ1v) is 9.76. The van der Waals surface area contributed by atoms with Crippen LogP contribution in [0.1, 0.15) is 5.56 Å². The lowest BCUT2D eigenvalue weighted by Gasteiger charge is -2.06. The van der Waals surface area contributed by atoms with E-state index in [1.807, 2.05) is 24.3 Å². The zero-order chi connectivity index (χ0) is 17.9. The lowest BCUT2D eigenvalue weighted by molar-refractivity contribution is -0.119. The predicted molar refractivity (Wildman–Crippen MR) is 97.8 cm³/mol. The molecule has 0 aliphatic carbocycles. The highest BCUT2D eigenvalue weighted by Gasteiger charge is 2.08. The average molecular weight is 376 g/mol. The van der Waals surface area contributed by atoms with E-state index < -0.39 is 10.0 Å². The normalized spacial score (nSPS) is 11.4. The van der Waals surface area contributed by atoms with Crippen molar-refractivity contribution in [3.63, 3.8) is 0 Å². The first-order chi connectivity index (χ1) is 11.9. The second-order valence-corrected chi connectivity index (χ2v) is 7.90. The van der Waals surface area contributed by atoms with Gasteiger partial charge >= 0.3 is 0 Å². The number of hydrogen-bond donors (Lipinski definition) is 3. The van der Waals surface area contributed by atoms with Crippen molar-refractivity contribution in [1.29, 1.82) is 0 Å². The summed E-state index contributed by atoms with van der Waals surface area (Å²) in [4.78, 5) is 16.4. The van der Waals surface area contributed by atoms with E-state index >= 15 is 0 Å². The number of sulfonamides is 1. The average Bonchev–Trinajstić information content (AvgIpc) is 3.00. The summed E-state index contributed by atoms with van der Waals surface area (Å²) in [5.74, 6) is -0.185. The van der Waals surface area contributed by atoms with Crippen LogP contribution in [0.25, 0.3) is 10.2 Å². The Morgan fingerprint density at radius 3 is 2.52 bits per heavy atom. The SMILES string of the molecule is NS(=O)(=O)c1ccc(CNC(=O)CNc2nc3ccccc3s2)cc1. The maximum atomic E-state index is 11.9. The number of carbonyl (C=O) groups excluding carboxylic acids is 1. The Bertz CT molecular complexity index is 965. The van der Waals surface area contributed by atoms with E-state index in [2.05, 4.69) is 15.6 Å². The molecule has 1 heterocycles. The van der Waals surface area contributed by atoms with Crippen LogP contribution in [0, 0.1) is 0 Å². The van der Waals surface area contributed by atoms with Crippen LogP contribution in [-0.2, 0) is 21.4 Å². The van der Waals surface area contributed by atoms with Crippen molar-refractivity contribution in [1.82, 2.24) is 10.3 Å². The highest BCUT2D eigenvalue weighted by atomic mass is 32.2. The number of thiazole rings is 1. The van der Waals surface area contributed by atoms with E-state index in [1.54, 1.807) is 12.1 Å². The zero-order valence-electron chi connectivity index (χ0n) is 13.1. The molecule has 0 spiro atoms. The molecule has 130 valence electrons. The van der Waals surface area contributed by atoms with Crippen molar-refractivity contribution in [3.8, 4) is 0 Å². The second kappa shape index (κ2) is 7.18. The van der Waals surface area contributed by atoms with E-state index in [0.29, 0.717) is 11.7 Å². The number of benzene rings is 2. The van der Waals surface area contributed by atoms with Crippen molar-refractivity contribution >= 4 is 42.6 Å². The quantitative estimate of drug-likeness (QED) is 0.605. The zero-order valence-corrected chi connectivity index (χ0v) is 14.7. The van der Waals surface area contributed by atoms with Crippen LogP contribution in [0.3, 0.4) is 0 Å². The molecule has 2 aromatic carbocycles. The van der Waals surface area contributed by atoms with E-state index in [1.165, 1.54) is 23.5 Å². The van der Waals surface area contributed by atoms with Gasteiger partial charge in [0.2, 0.25) is 15.9 Å². The number of nitrogens with two attached hydrogens (primary N) is 1. The summed E-state index contributed by atoms with van der Waals surface area (Å²) in [6.45, 7) is 0.403. The minimum Gasteiger partial charge on any atom is -0.352 e. The van der Waals surface area contributed by atoms with Gasteiger partial charge in [0.05, 0.1) is 21.7 Å². The van der Waals surface area contributed by atoms with Crippen molar-refractivity contribution in [2.45, 2.75) is 11.4 Å². The summed E-state index contributed by atoms with van der Waals surface area (Å²) in [6, 6.07) is 13.8. The molecule has 0 aliphatic heterocycles. The molecule has 1 aromatic heterocycles.